The molecule has 0 atom stereocenters. The van der Waals surface area contributed by atoms with Gasteiger partial charge in [-0.25, -0.2) is 0 Å². The second-order valence-electron chi connectivity index (χ2n) is 4.42. The van der Waals surface area contributed by atoms with Gasteiger partial charge in [-0.2, -0.15) is 0 Å². The van der Waals surface area contributed by atoms with Crippen LogP contribution in [0, 0.1) is 0 Å². The number of carbonyl (C=O) groups excluding carboxylic acids is 2. The molecule has 2 amide bonds. The summed E-state index contributed by atoms with van der Waals surface area (Å²) in [5.41, 5.74) is 0.545. The smallest absolute Gasteiger partial charge is 0.313 e. The minimum Gasteiger partial charge on any atom is -0.342 e. The van der Waals surface area contributed by atoms with Gasteiger partial charge in [0.05, 0.1) is 26.2 Å². The molecule has 3 N–H and O–H groups in total. The minimum absolute atomic E-state index is 0.490. The van der Waals surface area contributed by atoms with Gasteiger partial charge in [0.2, 0.25) is 0 Å². The number of likely N-dealkylation sites (N-methyl/N-ethyl adjacent to an activating group) is 1. The molecule has 0 saturated heterocycles. The molecule has 0 fully saturated rings. The molecule has 0 aliphatic carbocycles. The van der Waals surface area contributed by atoms with Crippen LogP contribution in [-0.4, -0.2) is 38.0 Å². The van der Waals surface area contributed by atoms with Crippen LogP contribution >= 0.6 is 11.6 Å². The molecule has 1 rings (SSSR count). The summed E-state index contributed by atoms with van der Waals surface area (Å²) in [5.74, 6) is -1.28. The maximum absolute atomic E-state index is 11.6. The van der Waals surface area contributed by atoms with Crippen molar-refractivity contribution in [3.8, 4) is 0 Å². The number of quaternary nitrogens is 1. The molecule has 0 aliphatic rings. The van der Waals surface area contributed by atoms with Crippen molar-refractivity contribution in [2.75, 3.05) is 31.5 Å². The molecule has 0 aromatic heterocycles. The van der Waals surface area contributed by atoms with Gasteiger partial charge >= 0.3 is 11.8 Å². The number of amides is 2. The summed E-state index contributed by atoms with van der Waals surface area (Å²) < 4.78 is 0. The molecular weight excluding hydrogens is 278 g/mol. The Morgan fingerprint density at radius 1 is 1.10 bits per heavy atom. The molecule has 5 nitrogen and oxygen atoms in total. The maximum atomic E-state index is 11.6. The number of nitrogens with one attached hydrogen (secondary N) is 3. The van der Waals surface area contributed by atoms with Gasteiger partial charge in [-0.15, -0.1) is 0 Å². The zero-order valence-corrected chi connectivity index (χ0v) is 12.6. The standard InChI is InChI=1S/C14H20ClN3O2/c1-3-18(4-2)10-9-16-13(19)14(20)17-12-7-5-11(15)6-8-12/h5-8H,3-4,9-10H2,1-2H3,(H,16,19)(H,17,20)/p+1. The van der Waals surface area contributed by atoms with E-state index in [-0.39, 0.29) is 0 Å². The van der Waals surface area contributed by atoms with Gasteiger partial charge in [0.1, 0.15) is 0 Å². The van der Waals surface area contributed by atoms with Gasteiger partial charge in [-0.05, 0) is 38.1 Å². The summed E-state index contributed by atoms with van der Waals surface area (Å²) in [6.45, 7) is 7.49. The molecule has 0 unspecified atom stereocenters. The Morgan fingerprint density at radius 3 is 2.25 bits per heavy atom. The van der Waals surface area contributed by atoms with E-state index in [4.69, 9.17) is 11.6 Å². The third-order valence-electron chi connectivity index (χ3n) is 3.07. The van der Waals surface area contributed by atoms with E-state index in [0.717, 1.165) is 19.6 Å². The number of benzene rings is 1. The number of anilines is 1. The van der Waals surface area contributed by atoms with Gasteiger partial charge in [0.15, 0.2) is 0 Å². The van der Waals surface area contributed by atoms with E-state index in [1.807, 2.05) is 0 Å². The first-order valence-electron chi connectivity index (χ1n) is 6.75. The Kier molecular flexibility index (Phi) is 7.04. The summed E-state index contributed by atoms with van der Waals surface area (Å²) in [6, 6.07) is 6.60. The fourth-order valence-electron chi connectivity index (χ4n) is 1.76. The lowest BCUT2D eigenvalue weighted by atomic mass is 10.3. The second-order valence-corrected chi connectivity index (χ2v) is 4.86. The number of rotatable bonds is 6. The Balaban J connectivity index is 2.36. The fourth-order valence-corrected chi connectivity index (χ4v) is 1.88. The Hall–Kier alpha value is -1.59. The average molecular weight is 299 g/mol. The van der Waals surface area contributed by atoms with Crippen molar-refractivity contribution in [2.24, 2.45) is 0 Å². The number of carbonyl (C=O) groups is 2. The van der Waals surface area contributed by atoms with Crippen LogP contribution in [0.3, 0.4) is 0 Å². The van der Waals surface area contributed by atoms with Crippen LogP contribution in [0.1, 0.15) is 13.8 Å². The molecular formula is C14H21ClN3O2+. The highest BCUT2D eigenvalue weighted by molar-refractivity contribution is 6.39. The number of hydrogen-bond acceptors (Lipinski definition) is 2. The van der Waals surface area contributed by atoms with Crippen LogP contribution in [0.5, 0.6) is 0 Å². The highest BCUT2D eigenvalue weighted by Crippen LogP contribution is 2.12. The minimum atomic E-state index is -0.665. The van der Waals surface area contributed by atoms with Gasteiger partial charge in [-0.3, -0.25) is 9.59 Å². The number of halogens is 1. The lowest BCUT2D eigenvalue weighted by Crippen LogP contribution is -3.12. The fraction of sp³-hybridized carbons (Fsp3) is 0.429. The van der Waals surface area contributed by atoms with E-state index in [1.54, 1.807) is 24.3 Å². The van der Waals surface area contributed by atoms with E-state index < -0.39 is 11.8 Å². The monoisotopic (exact) mass is 298 g/mol. The molecule has 1 aromatic rings. The Labute approximate surface area is 124 Å². The Morgan fingerprint density at radius 2 is 1.70 bits per heavy atom. The predicted molar refractivity (Wildman–Crippen MR) is 80.0 cm³/mol. The highest BCUT2D eigenvalue weighted by atomic mass is 35.5. The maximum Gasteiger partial charge on any atom is 0.313 e. The number of hydrogen-bond donors (Lipinski definition) is 3. The van der Waals surface area contributed by atoms with Crippen molar-refractivity contribution in [1.29, 1.82) is 0 Å². The molecule has 0 radical (unpaired) electrons. The third kappa shape index (κ3) is 5.59. The van der Waals surface area contributed by atoms with Gasteiger partial charge in [0, 0.05) is 10.7 Å². The van der Waals surface area contributed by atoms with Crippen LogP contribution in [0.2, 0.25) is 5.02 Å². The summed E-state index contributed by atoms with van der Waals surface area (Å²) in [7, 11) is 0. The van der Waals surface area contributed by atoms with Crippen molar-refractivity contribution in [3.63, 3.8) is 0 Å². The van der Waals surface area contributed by atoms with E-state index in [0.29, 0.717) is 17.3 Å². The lowest BCUT2D eigenvalue weighted by Gasteiger charge is -2.15. The third-order valence-corrected chi connectivity index (χ3v) is 3.32. The second kappa shape index (κ2) is 8.55. The topological polar surface area (TPSA) is 62.6 Å². The first-order chi connectivity index (χ1) is 9.56. The summed E-state index contributed by atoms with van der Waals surface area (Å²) in [5, 5.41) is 5.71. The van der Waals surface area contributed by atoms with Crippen molar-refractivity contribution in [2.45, 2.75) is 13.8 Å². The zero-order valence-electron chi connectivity index (χ0n) is 11.8. The van der Waals surface area contributed by atoms with Gasteiger partial charge in [0.25, 0.3) is 0 Å². The van der Waals surface area contributed by atoms with E-state index in [9.17, 15) is 9.59 Å². The van der Waals surface area contributed by atoms with Crippen LogP contribution < -0.4 is 15.5 Å². The van der Waals surface area contributed by atoms with Crippen molar-refractivity contribution >= 4 is 29.1 Å². The van der Waals surface area contributed by atoms with Crippen molar-refractivity contribution in [1.82, 2.24) is 5.32 Å². The van der Waals surface area contributed by atoms with Crippen LogP contribution in [0.25, 0.3) is 0 Å². The van der Waals surface area contributed by atoms with Crippen LogP contribution in [0.15, 0.2) is 24.3 Å². The quantitative estimate of drug-likeness (QED) is 0.662. The highest BCUT2D eigenvalue weighted by Gasteiger charge is 2.13. The van der Waals surface area contributed by atoms with Gasteiger partial charge in [-0.1, -0.05) is 11.6 Å². The average Bonchev–Trinajstić information content (AvgIpc) is 2.45. The van der Waals surface area contributed by atoms with Crippen molar-refractivity contribution in [3.05, 3.63) is 29.3 Å². The molecule has 6 heteroatoms. The zero-order chi connectivity index (χ0) is 15.0. The van der Waals surface area contributed by atoms with E-state index in [2.05, 4.69) is 24.5 Å². The summed E-state index contributed by atoms with van der Waals surface area (Å²) in [6.07, 6.45) is 0. The molecule has 0 bridgehead atoms. The van der Waals surface area contributed by atoms with Crippen molar-refractivity contribution < 1.29 is 14.5 Å². The summed E-state index contributed by atoms with van der Waals surface area (Å²) >= 11 is 5.74. The molecule has 0 spiro atoms. The molecule has 0 heterocycles. The van der Waals surface area contributed by atoms with E-state index >= 15 is 0 Å². The molecule has 20 heavy (non-hydrogen) atoms. The SMILES string of the molecule is CC[NH+](CC)CCNC(=O)C(=O)Nc1ccc(Cl)cc1. The first kappa shape index (κ1) is 16.5. The lowest BCUT2D eigenvalue weighted by molar-refractivity contribution is -0.895. The first-order valence-corrected chi connectivity index (χ1v) is 7.12. The predicted octanol–water partition coefficient (Wildman–Crippen LogP) is 0.319. The normalized spacial score (nSPS) is 10.4. The summed E-state index contributed by atoms with van der Waals surface area (Å²) in [4.78, 5) is 24.6. The molecule has 110 valence electrons. The van der Waals surface area contributed by atoms with E-state index in [1.165, 1.54) is 4.90 Å². The largest absolute Gasteiger partial charge is 0.342 e. The molecule has 1 aromatic carbocycles. The Bertz CT molecular complexity index is 444. The van der Waals surface area contributed by atoms with Crippen LogP contribution in [-0.2, 0) is 9.59 Å². The van der Waals surface area contributed by atoms with Gasteiger partial charge < -0.3 is 15.5 Å². The molecule has 0 saturated carbocycles. The molecule has 0 aliphatic heterocycles. The van der Waals surface area contributed by atoms with Crippen LogP contribution in [0.4, 0.5) is 5.69 Å².